The summed E-state index contributed by atoms with van der Waals surface area (Å²) >= 11 is 1.14. The van der Waals surface area contributed by atoms with Gasteiger partial charge in [-0.15, -0.1) is 0 Å². The van der Waals surface area contributed by atoms with Crippen LogP contribution in [0, 0.1) is 6.92 Å². The van der Waals surface area contributed by atoms with Gasteiger partial charge >= 0.3 is 5.97 Å². The number of aryl methyl sites for hydroxylation is 1. The summed E-state index contributed by atoms with van der Waals surface area (Å²) in [5, 5.41) is 9.39. The molecule has 0 amide bonds. The third kappa shape index (κ3) is 3.06. The second-order valence-electron chi connectivity index (χ2n) is 4.19. The molecule has 0 atom stereocenters. The molecule has 1 aromatic carbocycles. The normalized spacial score (nSPS) is 11.3. The zero-order valence-electron chi connectivity index (χ0n) is 11.3. The molecule has 8 heteroatoms. The maximum Gasteiger partial charge on any atom is 0.356 e. The maximum absolute atomic E-state index is 12.6. The lowest BCUT2D eigenvalue weighted by atomic mass is 10.2. The highest BCUT2D eigenvalue weighted by molar-refractivity contribution is 7.98. The molecule has 0 aliphatic rings. The van der Waals surface area contributed by atoms with E-state index in [2.05, 4.69) is 9.97 Å². The Balaban J connectivity index is 2.68. The van der Waals surface area contributed by atoms with Crippen LogP contribution in [0.1, 0.15) is 16.1 Å². The van der Waals surface area contributed by atoms with Crippen molar-refractivity contribution in [1.82, 2.24) is 9.97 Å². The number of nitrogens with zero attached hydrogens (tertiary/aromatic N) is 2. The highest BCUT2D eigenvalue weighted by Gasteiger charge is 2.27. The van der Waals surface area contributed by atoms with Gasteiger partial charge in [-0.1, -0.05) is 23.9 Å². The molecule has 0 fully saturated rings. The van der Waals surface area contributed by atoms with Gasteiger partial charge < -0.3 is 5.11 Å². The van der Waals surface area contributed by atoms with Crippen molar-refractivity contribution in [3.8, 4) is 0 Å². The fourth-order valence-corrected chi connectivity index (χ4v) is 3.48. The van der Waals surface area contributed by atoms with E-state index in [1.165, 1.54) is 12.1 Å². The molecule has 21 heavy (non-hydrogen) atoms. The lowest BCUT2D eigenvalue weighted by Crippen LogP contribution is -2.13. The number of carbonyl (C=O) groups is 1. The monoisotopic (exact) mass is 324 g/mol. The van der Waals surface area contributed by atoms with Gasteiger partial charge in [0.25, 0.3) is 0 Å². The topological polar surface area (TPSA) is 97.2 Å². The highest BCUT2D eigenvalue weighted by Crippen LogP contribution is 2.24. The van der Waals surface area contributed by atoms with Gasteiger partial charge in [-0.2, -0.15) is 0 Å². The highest BCUT2D eigenvalue weighted by atomic mass is 32.2. The summed E-state index contributed by atoms with van der Waals surface area (Å²) in [4.78, 5) is 18.5. The first-order chi connectivity index (χ1) is 9.86. The van der Waals surface area contributed by atoms with E-state index in [0.29, 0.717) is 0 Å². The number of benzene rings is 1. The minimum absolute atomic E-state index is 0.0190. The molecule has 0 unspecified atom stereocenters. The number of rotatable bonds is 4. The number of carboxylic acids is 1. The molecule has 0 aliphatic carbocycles. The van der Waals surface area contributed by atoms with Crippen LogP contribution in [-0.2, 0) is 9.84 Å². The second kappa shape index (κ2) is 5.82. The van der Waals surface area contributed by atoms with E-state index >= 15 is 0 Å². The Morgan fingerprint density at radius 2 is 2.05 bits per heavy atom. The quantitative estimate of drug-likeness (QED) is 0.679. The van der Waals surface area contributed by atoms with Crippen LogP contribution in [-0.4, -0.2) is 35.7 Å². The van der Waals surface area contributed by atoms with Gasteiger partial charge in [-0.3, -0.25) is 0 Å². The maximum atomic E-state index is 12.6. The van der Waals surface area contributed by atoms with Gasteiger partial charge in [-0.05, 0) is 30.9 Å². The molecule has 0 saturated carbocycles. The first-order valence-electron chi connectivity index (χ1n) is 5.82. The summed E-state index contributed by atoms with van der Waals surface area (Å²) in [6.07, 6.45) is 2.72. The fraction of sp³-hybridized carbons (Fsp3) is 0.154. The van der Waals surface area contributed by atoms with Crippen LogP contribution in [0.25, 0.3) is 0 Å². The predicted molar refractivity (Wildman–Crippen MR) is 77.4 cm³/mol. The van der Waals surface area contributed by atoms with Crippen LogP contribution >= 0.6 is 11.8 Å². The SMILES string of the molecule is CSc1ncc(S(=O)(=O)c2cccc(C)c2)c(C(=O)O)n1. The van der Waals surface area contributed by atoms with Crippen LogP contribution in [0.15, 0.2) is 45.4 Å². The molecule has 0 radical (unpaired) electrons. The van der Waals surface area contributed by atoms with Crippen molar-refractivity contribution < 1.29 is 18.3 Å². The average molecular weight is 324 g/mol. The Kier molecular flexibility index (Phi) is 4.29. The van der Waals surface area contributed by atoms with E-state index in [9.17, 15) is 18.3 Å². The summed E-state index contributed by atoms with van der Waals surface area (Å²) in [5.74, 6) is -1.40. The molecule has 110 valence electrons. The van der Waals surface area contributed by atoms with Crippen LogP contribution in [0.4, 0.5) is 0 Å². The van der Waals surface area contributed by atoms with Crippen LogP contribution in [0.2, 0.25) is 0 Å². The van der Waals surface area contributed by atoms with Gasteiger partial charge in [0.2, 0.25) is 9.84 Å². The number of hydrogen-bond acceptors (Lipinski definition) is 6. The zero-order valence-corrected chi connectivity index (χ0v) is 12.9. The summed E-state index contributed by atoms with van der Waals surface area (Å²) in [6, 6.07) is 6.24. The molecule has 6 nitrogen and oxygen atoms in total. The van der Waals surface area contributed by atoms with Crippen molar-refractivity contribution >= 4 is 27.6 Å². The Bertz CT molecular complexity index is 804. The Labute approximate surface area is 126 Å². The lowest BCUT2D eigenvalue weighted by molar-refractivity contribution is 0.0684. The predicted octanol–water partition coefficient (Wildman–Crippen LogP) is 2.04. The van der Waals surface area contributed by atoms with E-state index in [4.69, 9.17) is 0 Å². The van der Waals surface area contributed by atoms with E-state index in [1.54, 1.807) is 25.3 Å². The molecule has 2 aromatic rings. The Morgan fingerprint density at radius 3 is 2.62 bits per heavy atom. The lowest BCUT2D eigenvalue weighted by Gasteiger charge is -2.08. The van der Waals surface area contributed by atoms with Crippen molar-refractivity contribution in [1.29, 1.82) is 0 Å². The first-order valence-corrected chi connectivity index (χ1v) is 8.53. The zero-order chi connectivity index (χ0) is 15.6. The van der Waals surface area contributed by atoms with Crippen molar-refractivity contribution in [3.05, 3.63) is 41.7 Å². The van der Waals surface area contributed by atoms with Gasteiger partial charge in [-0.25, -0.2) is 23.2 Å². The van der Waals surface area contributed by atoms with E-state index in [1.807, 2.05) is 0 Å². The number of carboxylic acid groups (broad SMARTS) is 1. The number of sulfone groups is 1. The largest absolute Gasteiger partial charge is 0.476 e. The fourth-order valence-electron chi connectivity index (χ4n) is 1.71. The van der Waals surface area contributed by atoms with Crippen LogP contribution < -0.4 is 0 Å². The molecular weight excluding hydrogens is 312 g/mol. The smallest absolute Gasteiger partial charge is 0.356 e. The molecule has 2 rings (SSSR count). The Morgan fingerprint density at radius 1 is 1.33 bits per heavy atom. The Hall–Kier alpha value is -1.93. The summed E-state index contributed by atoms with van der Waals surface area (Å²) < 4.78 is 25.1. The first kappa shape index (κ1) is 15.5. The second-order valence-corrected chi connectivity index (χ2v) is 6.89. The molecule has 0 spiro atoms. The molecule has 0 aliphatic heterocycles. The minimum atomic E-state index is -3.98. The van der Waals surface area contributed by atoms with E-state index < -0.39 is 26.4 Å². The van der Waals surface area contributed by atoms with Crippen LogP contribution in [0.3, 0.4) is 0 Å². The molecule has 1 heterocycles. The van der Waals surface area contributed by atoms with Crippen molar-refractivity contribution in [2.75, 3.05) is 6.26 Å². The van der Waals surface area contributed by atoms with Gasteiger partial charge in [0.05, 0.1) is 11.1 Å². The summed E-state index contributed by atoms with van der Waals surface area (Å²) in [6.45, 7) is 1.75. The minimum Gasteiger partial charge on any atom is -0.476 e. The van der Waals surface area contributed by atoms with Crippen molar-refractivity contribution in [3.63, 3.8) is 0 Å². The standard InChI is InChI=1S/C13H12N2O4S2/c1-8-4-3-5-9(6-8)21(18,19)10-7-14-13(20-2)15-11(10)12(16)17/h3-7H,1-2H3,(H,16,17). The van der Waals surface area contributed by atoms with Crippen molar-refractivity contribution in [2.45, 2.75) is 21.9 Å². The van der Waals surface area contributed by atoms with Gasteiger partial charge in [0.15, 0.2) is 10.9 Å². The van der Waals surface area contributed by atoms with Crippen molar-refractivity contribution in [2.24, 2.45) is 0 Å². The third-order valence-corrected chi connectivity index (χ3v) is 5.02. The van der Waals surface area contributed by atoms with E-state index in [0.717, 1.165) is 23.5 Å². The molecule has 1 aromatic heterocycles. The summed E-state index contributed by atoms with van der Waals surface area (Å²) in [7, 11) is -3.98. The van der Waals surface area contributed by atoms with Gasteiger partial charge in [0, 0.05) is 0 Å². The molecule has 1 N–H and O–H groups in total. The van der Waals surface area contributed by atoms with Gasteiger partial charge in [0.1, 0.15) is 4.90 Å². The van der Waals surface area contributed by atoms with Crippen LogP contribution in [0.5, 0.6) is 0 Å². The molecule has 0 saturated heterocycles. The van der Waals surface area contributed by atoms with E-state index in [-0.39, 0.29) is 10.1 Å². The average Bonchev–Trinajstić information content (AvgIpc) is 2.46. The number of hydrogen-bond donors (Lipinski definition) is 1. The number of aromatic carboxylic acids is 1. The summed E-state index contributed by atoms with van der Waals surface area (Å²) in [5.41, 5.74) is 0.241. The molecular formula is C13H12N2O4S2. The molecule has 0 bridgehead atoms. The third-order valence-electron chi connectivity index (χ3n) is 2.71. The number of aromatic nitrogens is 2. The number of thioether (sulfide) groups is 1.